The summed E-state index contributed by atoms with van der Waals surface area (Å²) >= 11 is 3.36. The second-order valence-corrected chi connectivity index (χ2v) is 5.38. The van der Waals surface area contributed by atoms with Gasteiger partial charge in [-0.05, 0) is 41.1 Å². The van der Waals surface area contributed by atoms with Gasteiger partial charge in [0.1, 0.15) is 0 Å². The normalized spacial score (nSPS) is 10.7. The zero-order valence-corrected chi connectivity index (χ0v) is 12.4. The van der Waals surface area contributed by atoms with Crippen molar-refractivity contribution in [2.75, 3.05) is 5.73 Å². The molecule has 2 aromatic carbocycles. The van der Waals surface area contributed by atoms with E-state index < -0.39 is 0 Å². The van der Waals surface area contributed by atoms with E-state index in [9.17, 15) is 0 Å². The second-order valence-electron chi connectivity index (χ2n) is 4.53. The Morgan fingerprint density at radius 3 is 2.45 bits per heavy atom. The van der Waals surface area contributed by atoms with Crippen LogP contribution in [0.2, 0.25) is 0 Å². The first-order chi connectivity index (χ1) is 9.63. The molecular formula is C15H12BrN3O. The first-order valence-electron chi connectivity index (χ1n) is 6.09. The van der Waals surface area contributed by atoms with Crippen LogP contribution in [0.1, 0.15) is 5.56 Å². The molecule has 1 aromatic heterocycles. The molecule has 0 atom stereocenters. The van der Waals surface area contributed by atoms with Crippen molar-refractivity contribution in [3.05, 3.63) is 52.5 Å². The second kappa shape index (κ2) is 5.09. The minimum atomic E-state index is 0.458. The molecule has 0 spiro atoms. The molecule has 0 saturated carbocycles. The fraction of sp³-hybridized carbons (Fsp3) is 0.0667. The summed E-state index contributed by atoms with van der Waals surface area (Å²) < 4.78 is 6.15. The third-order valence-corrected chi connectivity index (χ3v) is 3.70. The molecule has 0 amide bonds. The predicted octanol–water partition coefficient (Wildman–Crippen LogP) is 4.06. The fourth-order valence-corrected chi connectivity index (χ4v) is 2.08. The van der Waals surface area contributed by atoms with Crippen LogP contribution in [0, 0.1) is 6.92 Å². The Labute approximate surface area is 124 Å². The number of nitrogens with two attached hydrogens (primary N) is 1. The standard InChI is InChI=1S/C15H12BrN3O/c1-9-2-4-10(5-3-9)14-18-15(20-19-14)11-6-7-12(16)13(17)8-11/h2-8H,17H2,1H3. The monoisotopic (exact) mass is 329 g/mol. The summed E-state index contributed by atoms with van der Waals surface area (Å²) in [6.45, 7) is 2.04. The van der Waals surface area contributed by atoms with Crippen molar-refractivity contribution in [3.63, 3.8) is 0 Å². The van der Waals surface area contributed by atoms with E-state index in [1.54, 1.807) is 6.07 Å². The molecule has 5 heteroatoms. The minimum Gasteiger partial charge on any atom is -0.398 e. The molecule has 0 fully saturated rings. The van der Waals surface area contributed by atoms with Gasteiger partial charge in [0.2, 0.25) is 5.82 Å². The highest BCUT2D eigenvalue weighted by atomic mass is 79.9. The van der Waals surface area contributed by atoms with Crippen LogP contribution in [-0.2, 0) is 0 Å². The lowest BCUT2D eigenvalue weighted by Crippen LogP contribution is -1.87. The molecule has 2 N–H and O–H groups in total. The van der Waals surface area contributed by atoms with Crippen molar-refractivity contribution in [3.8, 4) is 22.8 Å². The van der Waals surface area contributed by atoms with E-state index in [1.165, 1.54) is 5.56 Å². The largest absolute Gasteiger partial charge is 0.398 e. The summed E-state index contributed by atoms with van der Waals surface area (Å²) in [7, 11) is 0. The highest BCUT2D eigenvalue weighted by Gasteiger charge is 2.11. The van der Waals surface area contributed by atoms with Crippen molar-refractivity contribution < 1.29 is 4.52 Å². The topological polar surface area (TPSA) is 64.9 Å². The Balaban J connectivity index is 1.97. The highest BCUT2D eigenvalue weighted by Crippen LogP contribution is 2.27. The van der Waals surface area contributed by atoms with Gasteiger partial charge in [0.05, 0.1) is 0 Å². The van der Waals surface area contributed by atoms with Crippen LogP contribution in [0.4, 0.5) is 5.69 Å². The molecule has 0 aliphatic carbocycles. The number of nitrogens with zero attached hydrogens (tertiary/aromatic N) is 2. The van der Waals surface area contributed by atoms with Gasteiger partial charge in [-0.3, -0.25) is 0 Å². The molecule has 20 heavy (non-hydrogen) atoms. The van der Waals surface area contributed by atoms with E-state index >= 15 is 0 Å². The number of halogens is 1. The average molecular weight is 330 g/mol. The Kier molecular flexibility index (Phi) is 3.28. The summed E-state index contributed by atoms with van der Waals surface area (Å²) in [6, 6.07) is 13.5. The van der Waals surface area contributed by atoms with Gasteiger partial charge in [-0.15, -0.1) is 0 Å². The molecule has 100 valence electrons. The fourth-order valence-electron chi connectivity index (χ4n) is 1.84. The van der Waals surface area contributed by atoms with E-state index in [0.717, 1.165) is 15.6 Å². The zero-order valence-electron chi connectivity index (χ0n) is 10.8. The van der Waals surface area contributed by atoms with Gasteiger partial charge in [-0.25, -0.2) is 0 Å². The van der Waals surface area contributed by atoms with Crippen LogP contribution in [0.3, 0.4) is 0 Å². The molecule has 3 rings (SSSR count). The third kappa shape index (κ3) is 2.44. The zero-order chi connectivity index (χ0) is 14.1. The number of aryl methyl sites for hydroxylation is 1. The summed E-state index contributed by atoms with van der Waals surface area (Å²) in [4.78, 5) is 4.40. The van der Waals surface area contributed by atoms with E-state index in [1.807, 2.05) is 43.3 Å². The quantitative estimate of drug-likeness (QED) is 0.720. The highest BCUT2D eigenvalue weighted by molar-refractivity contribution is 9.10. The summed E-state index contributed by atoms with van der Waals surface area (Å²) in [6.07, 6.45) is 0. The molecule has 1 heterocycles. The average Bonchev–Trinajstić information content (AvgIpc) is 2.92. The first kappa shape index (κ1) is 12.9. The molecular weight excluding hydrogens is 318 g/mol. The Bertz CT molecular complexity index is 750. The van der Waals surface area contributed by atoms with Crippen LogP contribution in [0.25, 0.3) is 22.8 Å². The van der Waals surface area contributed by atoms with E-state index in [4.69, 9.17) is 10.3 Å². The lowest BCUT2D eigenvalue weighted by molar-refractivity contribution is 0.432. The summed E-state index contributed by atoms with van der Waals surface area (Å²) in [5.41, 5.74) is 9.41. The molecule has 0 saturated heterocycles. The van der Waals surface area contributed by atoms with Crippen molar-refractivity contribution in [2.24, 2.45) is 0 Å². The van der Waals surface area contributed by atoms with Crippen LogP contribution in [-0.4, -0.2) is 10.1 Å². The van der Waals surface area contributed by atoms with Crippen molar-refractivity contribution in [1.29, 1.82) is 0 Å². The van der Waals surface area contributed by atoms with Crippen molar-refractivity contribution in [2.45, 2.75) is 6.92 Å². The molecule has 0 aliphatic rings. The van der Waals surface area contributed by atoms with Gasteiger partial charge < -0.3 is 10.3 Å². The summed E-state index contributed by atoms with van der Waals surface area (Å²) in [5, 5.41) is 4.01. The van der Waals surface area contributed by atoms with Gasteiger partial charge in [0.15, 0.2) is 0 Å². The maximum absolute atomic E-state index is 5.86. The number of benzene rings is 2. The minimum absolute atomic E-state index is 0.458. The molecule has 0 unspecified atom stereocenters. The molecule has 4 nitrogen and oxygen atoms in total. The van der Waals surface area contributed by atoms with Crippen LogP contribution >= 0.6 is 15.9 Å². The van der Waals surface area contributed by atoms with Crippen LogP contribution < -0.4 is 5.73 Å². The number of anilines is 1. The predicted molar refractivity (Wildman–Crippen MR) is 82.0 cm³/mol. The van der Waals surface area contributed by atoms with E-state index in [-0.39, 0.29) is 0 Å². The SMILES string of the molecule is Cc1ccc(-c2noc(-c3ccc(Br)c(N)c3)n2)cc1. The van der Waals surface area contributed by atoms with Gasteiger partial charge in [-0.1, -0.05) is 35.0 Å². The number of rotatable bonds is 2. The van der Waals surface area contributed by atoms with Crippen molar-refractivity contribution in [1.82, 2.24) is 10.1 Å². The van der Waals surface area contributed by atoms with Gasteiger partial charge in [-0.2, -0.15) is 4.98 Å². The number of aromatic nitrogens is 2. The molecule has 3 aromatic rings. The van der Waals surface area contributed by atoms with Crippen LogP contribution in [0.15, 0.2) is 51.5 Å². The molecule has 0 radical (unpaired) electrons. The van der Waals surface area contributed by atoms with E-state index in [2.05, 4.69) is 26.1 Å². The Hall–Kier alpha value is -2.14. The third-order valence-electron chi connectivity index (χ3n) is 2.98. The van der Waals surface area contributed by atoms with Gasteiger partial charge in [0, 0.05) is 21.3 Å². The maximum Gasteiger partial charge on any atom is 0.258 e. The number of hydrogen-bond donors (Lipinski definition) is 1. The van der Waals surface area contributed by atoms with Gasteiger partial charge >= 0.3 is 0 Å². The smallest absolute Gasteiger partial charge is 0.258 e. The number of nitrogen functional groups attached to an aromatic ring is 1. The lowest BCUT2D eigenvalue weighted by atomic mass is 10.1. The Morgan fingerprint density at radius 1 is 1.05 bits per heavy atom. The first-order valence-corrected chi connectivity index (χ1v) is 6.89. The van der Waals surface area contributed by atoms with Gasteiger partial charge in [0.25, 0.3) is 5.89 Å². The molecule has 0 bridgehead atoms. The van der Waals surface area contributed by atoms with Crippen molar-refractivity contribution >= 4 is 21.6 Å². The van der Waals surface area contributed by atoms with E-state index in [0.29, 0.717) is 17.4 Å². The maximum atomic E-state index is 5.86. The Morgan fingerprint density at radius 2 is 1.75 bits per heavy atom. The number of hydrogen-bond acceptors (Lipinski definition) is 4. The summed E-state index contributed by atoms with van der Waals surface area (Å²) in [5.74, 6) is 1.03. The van der Waals surface area contributed by atoms with Crippen LogP contribution in [0.5, 0.6) is 0 Å². The molecule has 0 aliphatic heterocycles. The lowest BCUT2D eigenvalue weighted by Gasteiger charge is -1.99.